The molecule has 1 heterocycles. The van der Waals surface area contributed by atoms with Gasteiger partial charge in [0.05, 0.1) is 18.0 Å². The van der Waals surface area contributed by atoms with E-state index in [2.05, 4.69) is 10.0 Å². The minimum absolute atomic E-state index is 0. The average Bonchev–Trinajstić information content (AvgIpc) is 3.11. The molecule has 1 saturated heterocycles. The van der Waals surface area contributed by atoms with Gasteiger partial charge in [0, 0.05) is 19.5 Å². The molecule has 2 fully saturated rings. The molecule has 2 rings (SSSR count). The molecule has 1 amide bonds. The maximum Gasteiger partial charge on any atom is 0.237 e. The highest BCUT2D eigenvalue weighted by atomic mass is 35.5. The van der Waals surface area contributed by atoms with Gasteiger partial charge in [-0.3, -0.25) is 9.52 Å². The van der Waals surface area contributed by atoms with Crippen molar-refractivity contribution in [2.45, 2.75) is 37.0 Å². The highest BCUT2D eigenvalue weighted by molar-refractivity contribution is 7.90. The Labute approximate surface area is 113 Å². The fourth-order valence-corrected chi connectivity index (χ4v) is 3.11. The van der Waals surface area contributed by atoms with Gasteiger partial charge in [0.15, 0.2) is 0 Å². The molecule has 0 spiro atoms. The Bertz CT molecular complexity index is 377. The Balaban J connectivity index is 0.00000162. The van der Waals surface area contributed by atoms with Crippen LogP contribution < -0.4 is 10.0 Å². The van der Waals surface area contributed by atoms with Gasteiger partial charge in [-0.05, 0) is 19.3 Å². The number of hydrogen-bond acceptors (Lipinski definition) is 5. The third-order valence-electron chi connectivity index (χ3n) is 2.92. The van der Waals surface area contributed by atoms with Crippen LogP contribution in [-0.4, -0.2) is 45.4 Å². The summed E-state index contributed by atoms with van der Waals surface area (Å²) in [4.78, 5) is 11.5. The number of sulfonamides is 1. The molecule has 2 aliphatic rings. The van der Waals surface area contributed by atoms with Gasteiger partial charge < -0.3 is 10.1 Å². The number of nitrogens with one attached hydrogen (secondary N) is 2. The summed E-state index contributed by atoms with van der Waals surface area (Å²) in [6.45, 7) is 2.20. The van der Waals surface area contributed by atoms with E-state index in [-0.39, 0.29) is 30.2 Å². The Morgan fingerprint density at radius 1 is 1.39 bits per heavy atom. The van der Waals surface area contributed by atoms with Gasteiger partial charge in [0.2, 0.25) is 15.9 Å². The van der Waals surface area contributed by atoms with Gasteiger partial charge in [0.25, 0.3) is 0 Å². The predicted molar refractivity (Wildman–Crippen MR) is 69.2 cm³/mol. The SMILES string of the molecule is Cl.O=C(CCC1CNCCO1)NS(=O)(=O)C1CC1. The molecule has 2 N–H and O–H groups in total. The molecule has 0 radical (unpaired) electrons. The normalized spacial score (nSPS) is 24.1. The van der Waals surface area contributed by atoms with Gasteiger partial charge in [0.1, 0.15) is 0 Å². The Morgan fingerprint density at radius 2 is 2.11 bits per heavy atom. The van der Waals surface area contributed by atoms with Crippen LogP contribution in [0.5, 0.6) is 0 Å². The van der Waals surface area contributed by atoms with E-state index in [4.69, 9.17) is 4.74 Å². The number of halogens is 1. The molecule has 0 aromatic heterocycles. The van der Waals surface area contributed by atoms with Crippen molar-refractivity contribution in [1.82, 2.24) is 10.0 Å². The second-order valence-corrected chi connectivity index (χ2v) is 6.47. The lowest BCUT2D eigenvalue weighted by Gasteiger charge is -2.23. The lowest BCUT2D eigenvalue weighted by atomic mass is 10.2. The van der Waals surface area contributed by atoms with Crippen LogP contribution in [0, 0.1) is 0 Å². The number of hydrogen-bond donors (Lipinski definition) is 2. The van der Waals surface area contributed by atoms with Crippen molar-refractivity contribution < 1.29 is 17.9 Å². The predicted octanol–water partition coefficient (Wildman–Crippen LogP) is -0.215. The molecule has 0 aromatic rings. The van der Waals surface area contributed by atoms with Gasteiger partial charge in [-0.25, -0.2) is 8.42 Å². The topological polar surface area (TPSA) is 84.5 Å². The van der Waals surface area contributed by atoms with Gasteiger partial charge >= 0.3 is 0 Å². The van der Waals surface area contributed by atoms with Crippen molar-refractivity contribution in [3.8, 4) is 0 Å². The molecule has 106 valence electrons. The fourth-order valence-electron chi connectivity index (χ4n) is 1.77. The number of carbonyl (C=O) groups is 1. The summed E-state index contributed by atoms with van der Waals surface area (Å²) < 4.78 is 30.5. The van der Waals surface area contributed by atoms with Crippen LogP contribution in [-0.2, 0) is 19.6 Å². The van der Waals surface area contributed by atoms with E-state index < -0.39 is 15.9 Å². The quantitative estimate of drug-likeness (QED) is 0.733. The summed E-state index contributed by atoms with van der Waals surface area (Å²) >= 11 is 0. The molecule has 1 saturated carbocycles. The number of ether oxygens (including phenoxy) is 1. The Kier molecular flexibility index (Phi) is 5.84. The second kappa shape index (κ2) is 6.70. The van der Waals surface area contributed by atoms with Gasteiger partial charge in [-0.1, -0.05) is 0 Å². The molecule has 1 unspecified atom stereocenters. The largest absolute Gasteiger partial charge is 0.376 e. The summed E-state index contributed by atoms with van der Waals surface area (Å²) in [6, 6.07) is 0. The van der Waals surface area contributed by atoms with E-state index in [0.29, 0.717) is 25.9 Å². The maximum absolute atomic E-state index is 11.5. The molecule has 0 bridgehead atoms. The van der Waals surface area contributed by atoms with E-state index in [0.717, 1.165) is 13.1 Å². The second-order valence-electron chi connectivity index (χ2n) is 4.51. The fraction of sp³-hybridized carbons (Fsp3) is 0.900. The molecular formula is C10H19ClN2O4S. The average molecular weight is 299 g/mol. The van der Waals surface area contributed by atoms with Crippen LogP contribution in [0.2, 0.25) is 0 Å². The molecule has 8 heteroatoms. The Hall–Kier alpha value is -0.370. The summed E-state index contributed by atoms with van der Waals surface area (Å²) in [5.41, 5.74) is 0. The van der Waals surface area contributed by atoms with Crippen LogP contribution in [0.4, 0.5) is 0 Å². The number of morpholine rings is 1. The van der Waals surface area contributed by atoms with E-state index in [1.54, 1.807) is 0 Å². The van der Waals surface area contributed by atoms with Crippen LogP contribution in [0.25, 0.3) is 0 Å². The van der Waals surface area contributed by atoms with E-state index in [1.807, 2.05) is 0 Å². The minimum Gasteiger partial charge on any atom is -0.376 e. The summed E-state index contributed by atoms with van der Waals surface area (Å²) in [7, 11) is -3.40. The number of rotatable bonds is 5. The first-order chi connectivity index (χ1) is 8.08. The van der Waals surface area contributed by atoms with Gasteiger partial charge in [-0.2, -0.15) is 0 Å². The zero-order valence-corrected chi connectivity index (χ0v) is 11.7. The molecule has 1 aliphatic carbocycles. The zero-order chi connectivity index (χ0) is 12.3. The molecular weight excluding hydrogens is 280 g/mol. The number of carbonyl (C=O) groups excluding carboxylic acids is 1. The third-order valence-corrected chi connectivity index (χ3v) is 4.78. The van der Waals surface area contributed by atoms with E-state index in [1.165, 1.54) is 0 Å². The Morgan fingerprint density at radius 3 is 2.67 bits per heavy atom. The lowest BCUT2D eigenvalue weighted by molar-refractivity contribution is -0.120. The highest BCUT2D eigenvalue weighted by Crippen LogP contribution is 2.27. The van der Waals surface area contributed by atoms with Crippen molar-refractivity contribution in [2.75, 3.05) is 19.7 Å². The maximum atomic E-state index is 11.5. The van der Waals surface area contributed by atoms with Crippen LogP contribution in [0.15, 0.2) is 0 Å². The zero-order valence-electron chi connectivity index (χ0n) is 10.1. The van der Waals surface area contributed by atoms with Crippen LogP contribution in [0.3, 0.4) is 0 Å². The number of amides is 1. The first-order valence-electron chi connectivity index (χ1n) is 5.95. The van der Waals surface area contributed by atoms with E-state index >= 15 is 0 Å². The molecule has 1 aliphatic heterocycles. The first kappa shape index (κ1) is 15.7. The minimum atomic E-state index is -3.40. The van der Waals surface area contributed by atoms with Crippen molar-refractivity contribution in [1.29, 1.82) is 0 Å². The van der Waals surface area contributed by atoms with Crippen LogP contribution >= 0.6 is 12.4 Å². The smallest absolute Gasteiger partial charge is 0.237 e. The van der Waals surface area contributed by atoms with Crippen molar-refractivity contribution >= 4 is 28.3 Å². The van der Waals surface area contributed by atoms with Crippen LogP contribution in [0.1, 0.15) is 25.7 Å². The van der Waals surface area contributed by atoms with Crippen molar-refractivity contribution in [2.24, 2.45) is 0 Å². The summed E-state index contributed by atoms with van der Waals surface area (Å²) in [5, 5.41) is 2.81. The monoisotopic (exact) mass is 298 g/mol. The molecule has 1 atom stereocenters. The lowest BCUT2D eigenvalue weighted by Crippen LogP contribution is -2.39. The first-order valence-corrected chi connectivity index (χ1v) is 7.49. The molecule has 18 heavy (non-hydrogen) atoms. The third kappa shape index (κ3) is 4.72. The van der Waals surface area contributed by atoms with E-state index in [9.17, 15) is 13.2 Å². The van der Waals surface area contributed by atoms with Gasteiger partial charge in [-0.15, -0.1) is 12.4 Å². The molecule has 0 aromatic carbocycles. The summed E-state index contributed by atoms with van der Waals surface area (Å²) in [6.07, 6.45) is 2.09. The highest BCUT2D eigenvalue weighted by Gasteiger charge is 2.36. The standard InChI is InChI=1S/C10H18N2O4S.ClH/c13-10(12-17(14,15)9-2-3-9)4-1-8-7-11-5-6-16-8;/h8-9,11H,1-7H2,(H,12,13);1H. The summed E-state index contributed by atoms with van der Waals surface area (Å²) in [5.74, 6) is -0.425. The van der Waals surface area contributed by atoms with Crippen molar-refractivity contribution in [3.05, 3.63) is 0 Å². The molecule has 6 nitrogen and oxygen atoms in total. The van der Waals surface area contributed by atoms with Crippen molar-refractivity contribution in [3.63, 3.8) is 0 Å².